The number of carbonyl (C=O) groups excluding carboxylic acids is 1. The van der Waals surface area contributed by atoms with Gasteiger partial charge in [0, 0.05) is 45.8 Å². The molecule has 1 aliphatic heterocycles. The van der Waals surface area contributed by atoms with Crippen LogP contribution in [0.5, 0.6) is 5.88 Å². The van der Waals surface area contributed by atoms with Crippen molar-refractivity contribution in [2.24, 2.45) is 7.05 Å². The van der Waals surface area contributed by atoms with E-state index >= 15 is 0 Å². The van der Waals surface area contributed by atoms with E-state index in [1.807, 2.05) is 7.05 Å². The Labute approximate surface area is 134 Å². The van der Waals surface area contributed by atoms with Gasteiger partial charge < -0.3 is 14.5 Å². The molecule has 8 nitrogen and oxygen atoms in total. The highest BCUT2D eigenvalue weighted by Crippen LogP contribution is 2.27. The minimum atomic E-state index is -0.0250. The number of likely N-dealkylation sites (N-methyl/N-ethyl adjacent to an activating group) is 1. The molecule has 3 rings (SSSR count). The number of rotatable bonds is 4. The van der Waals surface area contributed by atoms with Crippen molar-refractivity contribution in [3.8, 4) is 5.88 Å². The molecule has 8 heteroatoms. The van der Waals surface area contributed by atoms with Crippen LogP contribution in [-0.2, 0) is 7.05 Å². The number of aromatic nitrogens is 4. The van der Waals surface area contributed by atoms with Gasteiger partial charge in [-0.3, -0.25) is 9.48 Å². The molecule has 0 aliphatic carbocycles. The number of hydrogen-bond acceptors (Lipinski definition) is 6. The van der Waals surface area contributed by atoms with E-state index in [9.17, 15) is 4.79 Å². The average Bonchev–Trinajstić information content (AvgIpc) is 3.22. The second-order valence-corrected chi connectivity index (χ2v) is 5.53. The van der Waals surface area contributed by atoms with Crippen molar-refractivity contribution in [1.29, 1.82) is 0 Å². The minimum absolute atomic E-state index is 0.0250. The standard InChI is InChI=1S/C15H20N6O2/c1-19(15(22)12-4-6-18-20(12)2)11-5-9-21(10-11)13-14(23-3)17-8-7-16-13/h4,6-8,11H,5,9-10H2,1-3H3/t11-/m0/s1. The normalized spacial score (nSPS) is 17.3. The lowest BCUT2D eigenvalue weighted by Gasteiger charge is -2.25. The number of nitrogens with zero attached hydrogens (tertiary/aromatic N) is 6. The quantitative estimate of drug-likeness (QED) is 0.821. The third-order valence-corrected chi connectivity index (χ3v) is 4.21. The Hall–Kier alpha value is -2.64. The summed E-state index contributed by atoms with van der Waals surface area (Å²) in [5.74, 6) is 1.20. The van der Waals surface area contributed by atoms with Gasteiger partial charge in [0.2, 0.25) is 0 Å². The van der Waals surface area contributed by atoms with Crippen LogP contribution in [-0.4, -0.2) is 63.8 Å². The van der Waals surface area contributed by atoms with Crippen molar-refractivity contribution < 1.29 is 9.53 Å². The molecule has 2 aromatic heterocycles. The third-order valence-electron chi connectivity index (χ3n) is 4.21. The second-order valence-electron chi connectivity index (χ2n) is 5.53. The van der Waals surface area contributed by atoms with Crippen LogP contribution in [0.25, 0.3) is 0 Å². The van der Waals surface area contributed by atoms with Gasteiger partial charge in [-0.2, -0.15) is 5.10 Å². The Balaban J connectivity index is 1.72. The maximum absolute atomic E-state index is 12.6. The van der Waals surface area contributed by atoms with Crippen molar-refractivity contribution in [3.05, 3.63) is 30.4 Å². The zero-order chi connectivity index (χ0) is 16.4. The highest BCUT2D eigenvalue weighted by Gasteiger charge is 2.31. The molecule has 1 fully saturated rings. The number of amides is 1. The van der Waals surface area contributed by atoms with Crippen molar-refractivity contribution in [2.75, 3.05) is 32.1 Å². The summed E-state index contributed by atoms with van der Waals surface area (Å²) in [6.45, 7) is 1.51. The van der Waals surface area contributed by atoms with Gasteiger partial charge in [-0.05, 0) is 12.5 Å². The van der Waals surface area contributed by atoms with Crippen LogP contribution < -0.4 is 9.64 Å². The van der Waals surface area contributed by atoms with Gasteiger partial charge in [-0.25, -0.2) is 9.97 Å². The molecule has 0 radical (unpaired) electrons. The summed E-state index contributed by atoms with van der Waals surface area (Å²) < 4.78 is 6.86. The van der Waals surface area contributed by atoms with Gasteiger partial charge >= 0.3 is 0 Å². The molecule has 0 unspecified atom stereocenters. The zero-order valence-electron chi connectivity index (χ0n) is 13.5. The summed E-state index contributed by atoms with van der Waals surface area (Å²) in [6, 6.07) is 1.85. The molecule has 1 atom stereocenters. The van der Waals surface area contributed by atoms with Crippen LogP contribution in [0.4, 0.5) is 5.82 Å². The first-order chi connectivity index (χ1) is 11.1. The van der Waals surface area contributed by atoms with Gasteiger partial charge in [0.15, 0.2) is 5.82 Å². The predicted molar refractivity (Wildman–Crippen MR) is 84.5 cm³/mol. The van der Waals surface area contributed by atoms with Crippen LogP contribution in [0.1, 0.15) is 16.9 Å². The van der Waals surface area contributed by atoms with E-state index in [2.05, 4.69) is 20.0 Å². The molecular weight excluding hydrogens is 296 g/mol. The van der Waals surface area contributed by atoms with Gasteiger partial charge in [0.05, 0.1) is 13.2 Å². The van der Waals surface area contributed by atoms with Gasteiger partial charge in [-0.1, -0.05) is 0 Å². The number of aryl methyl sites for hydroxylation is 1. The highest BCUT2D eigenvalue weighted by atomic mass is 16.5. The Kier molecular flexibility index (Phi) is 4.14. The van der Waals surface area contributed by atoms with Crippen LogP contribution in [0.2, 0.25) is 0 Å². The smallest absolute Gasteiger partial charge is 0.272 e. The molecule has 0 N–H and O–H groups in total. The SMILES string of the molecule is COc1nccnc1N1CC[C@H](N(C)C(=O)c2ccnn2C)C1. The van der Waals surface area contributed by atoms with Crippen LogP contribution in [0.3, 0.4) is 0 Å². The molecule has 0 aromatic carbocycles. The van der Waals surface area contributed by atoms with E-state index in [-0.39, 0.29) is 11.9 Å². The van der Waals surface area contributed by atoms with Gasteiger partial charge in [0.25, 0.3) is 11.8 Å². The fourth-order valence-corrected chi connectivity index (χ4v) is 2.86. The highest BCUT2D eigenvalue weighted by molar-refractivity contribution is 5.92. The van der Waals surface area contributed by atoms with Crippen molar-refractivity contribution >= 4 is 11.7 Å². The second kappa shape index (κ2) is 6.23. The van der Waals surface area contributed by atoms with E-state index in [4.69, 9.17) is 4.74 Å². The predicted octanol–water partition coefficient (Wildman–Crippen LogP) is 0.570. The molecule has 23 heavy (non-hydrogen) atoms. The van der Waals surface area contributed by atoms with E-state index < -0.39 is 0 Å². The molecule has 0 bridgehead atoms. The first-order valence-corrected chi connectivity index (χ1v) is 7.47. The van der Waals surface area contributed by atoms with E-state index in [1.165, 1.54) is 0 Å². The van der Waals surface area contributed by atoms with Gasteiger partial charge in [0.1, 0.15) is 5.69 Å². The van der Waals surface area contributed by atoms with E-state index in [0.717, 1.165) is 18.8 Å². The molecule has 0 saturated carbocycles. The van der Waals surface area contributed by atoms with E-state index in [1.54, 1.807) is 48.4 Å². The number of ether oxygens (including phenoxy) is 1. The molecule has 3 heterocycles. The van der Waals surface area contributed by atoms with Crippen molar-refractivity contribution in [2.45, 2.75) is 12.5 Å². The first-order valence-electron chi connectivity index (χ1n) is 7.47. The Morgan fingerprint density at radius 2 is 2.13 bits per heavy atom. The summed E-state index contributed by atoms with van der Waals surface area (Å²) in [6.07, 6.45) is 5.76. The summed E-state index contributed by atoms with van der Waals surface area (Å²) in [4.78, 5) is 25.0. The van der Waals surface area contributed by atoms with Gasteiger partial charge in [-0.15, -0.1) is 0 Å². The fraction of sp³-hybridized carbons (Fsp3) is 0.467. The summed E-state index contributed by atoms with van der Waals surface area (Å²) in [7, 11) is 5.18. The summed E-state index contributed by atoms with van der Waals surface area (Å²) in [5.41, 5.74) is 0.586. The lowest BCUT2D eigenvalue weighted by Crippen LogP contribution is -2.40. The number of anilines is 1. The molecule has 1 amide bonds. The Bertz CT molecular complexity index is 701. The number of hydrogen-bond donors (Lipinski definition) is 0. The number of methoxy groups -OCH3 is 1. The van der Waals surface area contributed by atoms with Crippen LogP contribution in [0.15, 0.2) is 24.7 Å². The molecule has 122 valence electrons. The zero-order valence-corrected chi connectivity index (χ0v) is 13.5. The van der Waals surface area contributed by atoms with Crippen LogP contribution >= 0.6 is 0 Å². The average molecular weight is 316 g/mol. The summed E-state index contributed by atoms with van der Waals surface area (Å²) in [5, 5.41) is 4.06. The Morgan fingerprint density at radius 1 is 1.35 bits per heavy atom. The minimum Gasteiger partial charge on any atom is -0.478 e. The first kappa shape index (κ1) is 15.3. The molecule has 1 saturated heterocycles. The lowest BCUT2D eigenvalue weighted by atomic mass is 10.2. The van der Waals surface area contributed by atoms with Crippen LogP contribution in [0, 0.1) is 0 Å². The topological polar surface area (TPSA) is 76.4 Å². The van der Waals surface area contributed by atoms with Crippen molar-refractivity contribution in [3.63, 3.8) is 0 Å². The molecule has 0 spiro atoms. The monoisotopic (exact) mass is 316 g/mol. The summed E-state index contributed by atoms with van der Waals surface area (Å²) >= 11 is 0. The maximum Gasteiger partial charge on any atom is 0.272 e. The number of carbonyl (C=O) groups is 1. The third kappa shape index (κ3) is 2.84. The Morgan fingerprint density at radius 3 is 2.83 bits per heavy atom. The molecular formula is C15H20N6O2. The largest absolute Gasteiger partial charge is 0.478 e. The fourth-order valence-electron chi connectivity index (χ4n) is 2.86. The lowest BCUT2D eigenvalue weighted by molar-refractivity contribution is 0.0734. The maximum atomic E-state index is 12.6. The van der Waals surface area contributed by atoms with Crippen molar-refractivity contribution in [1.82, 2.24) is 24.6 Å². The van der Waals surface area contributed by atoms with E-state index in [0.29, 0.717) is 18.1 Å². The molecule has 2 aromatic rings. The molecule has 1 aliphatic rings.